The van der Waals surface area contributed by atoms with Gasteiger partial charge in [-0.1, -0.05) is 12.8 Å². The van der Waals surface area contributed by atoms with Gasteiger partial charge < -0.3 is 11.1 Å². The van der Waals surface area contributed by atoms with Crippen LogP contribution in [0.5, 0.6) is 0 Å². The molecule has 0 spiro atoms. The Kier molecular flexibility index (Phi) is 4.36. The summed E-state index contributed by atoms with van der Waals surface area (Å²) in [5.41, 5.74) is 7.17. The first kappa shape index (κ1) is 14.0. The molecule has 1 aromatic rings. The smallest absolute Gasteiger partial charge is 0.229 e. The second-order valence-corrected chi connectivity index (χ2v) is 7.15. The van der Waals surface area contributed by atoms with E-state index in [1.807, 2.05) is 0 Å². The zero-order chi connectivity index (χ0) is 13.9. The van der Waals surface area contributed by atoms with Crippen LogP contribution in [0.3, 0.4) is 0 Å². The van der Waals surface area contributed by atoms with Crippen LogP contribution >= 0.6 is 11.3 Å². The number of carbonyl (C=O) groups is 1. The summed E-state index contributed by atoms with van der Waals surface area (Å²) in [6.45, 7) is 0. The molecule has 0 aliphatic heterocycles. The Morgan fingerprint density at radius 1 is 1.20 bits per heavy atom. The number of aromatic nitrogens is 1. The third-order valence-corrected chi connectivity index (χ3v) is 5.48. The second kappa shape index (κ2) is 6.22. The maximum atomic E-state index is 12.3. The summed E-state index contributed by atoms with van der Waals surface area (Å²) in [5.74, 6) is 0.187. The normalized spacial score (nSPS) is 26.6. The number of nitrogens with zero attached hydrogens (tertiary/aromatic N) is 1. The topological polar surface area (TPSA) is 68.0 Å². The van der Waals surface area contributed by atoms with E-state index in [1.165, 1.54) is 29.8 Å². The molecule has 1 aromatic heterocycles. The Morgan fingerprint density at radius 2 is 2.05 bits per heavy atom. The summed E-state index contributed by atoms with van der Waals surface area (Å²) in [4.78, 5) is 18.3. The van der Waals surface area contributed by atoms with Crippen LogP contribution in [-0.4, -0.2) is 16.9 Å². The summed E-state index contributed by atoms with van der Waals surface area (Å²) >= 11 is 1.67. The van der Waals surface area contributed by atoms with Crippen LogP contribution in [0.1, 0.15) is 55.5 Å². The van der Waals surface area contributed by atoms with Crippen molar-refractivity contribution in [2.75, 3.05) is 5.32 Å². The SMILES string of the molecule is NC1CCCC(C(=O)Nc2nc3c(s2)CCCCC3)C1. The van der Waals surface area contributed by atoms with Gasteiger partial charge in [-0.3, -0.25) is 4.79 Å². The molecule has 3 rings (SSSR count). The van der Waals surface area contributed by atoms with E-state index in [2.05, 4.69) is 10.3 Å². The van der Waals surface area contributed by atoms with Gasteiger partial charge in [-0.2, -0.15) is 0 Å². The summed E-state index contributed by atoms with van der Waals surface area (Å²) in [6, 6.07) is 0.188. The Morgan fingerprint density at radius 3 is 2.90 bits per heavy atom. The molecular weight excluding hydrogens is 270 g/mol. The van der Waals surface area contributed by atoms with E-state index < -0.39 is 0 Å². The molecule has 4 nitrogen and oxygen atoms in total. The van der Waals surface area contributed by atoms with Gasteiger partial charge in [0.25, 0.3) is 0 Å². The first-order valence-electron chi connectivity index (χ1n) is 7.77. The lowest BCUT2D eigenvalue weighted by atomic mass is 9.86. The maximum Gasteiger partial charge on any atom is 0.229 e. The van der Waals surface area contributed by atoms with Crippen molar-refractivity contribution in [3.8, 4) is 0 Å². The number of carbonyl (C=O) groups excluding carboxylic acids is 1. The van der Waals surface area contributed by atoms with Crippen LogP contribution in [0.15, 0.2) is 0 Å². The summed E-state index contributed by atoms with van der Waals surface area (Å²) in [6.07, 6.45) is 9.85. The number of fused-ring (bicyclic) bond motifs is 1. The Balaban J connectivity index is 1.64. The van der Waals surface area contributed by atoms with Gasteiger partial charge in [0.2, 0.25) is 5.91 Å². The lowest BCUT2D eigenvalue weighted by Crippen LogP contribution is -2.34. The zero-order valence-electron chi connectivity index (χ0n) is 11.9. The van der Waals surface area contributed by atoms with Crippen LogP contribution < -0.4 is 11.1 Å². The van der Waals surface area contributed by atoms with Gasteiger partial charge in [-0.25, -0.2) is 4.98 Å². The van der Waals surface area contributed by atoms with Crippen LogP contribution in [0.4, 0.5) is 5.13 Å². The molecule has 0 saturated heterocycles. The molecule has 2 atom stereocenters. The number of nitrogens with one attached hydrogen (secondary N) is 1. The quantitative estimate of drug-likeness (QED) is 0.824. The van der Waals surface area contributed by atoms with Crippen molar-refractivity contribution in [3.05, 3.63) is 10.6 Å². The molecule has 1 fully saturated rings. The van der Waals surface area contributed by atoms with Gasteiger partial charge in [0.1, 0.15) is 0 Å². The van der Waals surface area contributed by atoms with Crippen molar-refractivity contribution in [1.82, 2.24) is 4.98 Å². The zero-order valence-corrected chi connectivity index (χ0v) is 12.7. The third kappa shape index (κ3) is 3.20. The first-order chi connectivity index (χ1) is 9.72. The number of hydrogen-bond donors (Lipinski definition) is 2. The van der Waals surface area contributed by atoms with Crippen molar-refractivity contribution >= 4 is 22.4 Å². The monoisotopic (exact) mass is 293 g/mol. The van der Waals surface area contributed by atoms with E-state index in [4.69, 9.17) is 5.73 Å². The largest absolute Gasteiger partial charge is 0.328 e. The predicted molar refractivity (Wildman–Crippen MR) is 81.9 cm³/mol. The molecule has 5 heteroatoms. The molecule has 110 valence electrons. The highest BCUT2D eigenvalue weighted by Crippen LogP contribution is 2.30. The van der Waals surface area contributed by atoms with E-state index in [-0.39, 0.29) is 17.9 Å². The second-order valence-electron chi connectivity index (χ2n) is 6.06. The van der Waals surface area contributed by atoms with Gasteiger partial charge in [-0.05, 0) is 44.9 Å². The first-order valence-corrected chi connectivity index (χ1v) is 8.59. The van der Waals surface area contributed by atoms with E-state index in [9.17, 15) is 4.79 Å². The van der Waals surface area contributed by atoms with Gasteiger partial charge in [0, 0.05) is 16.8 Å². The molecule has 1 heterocycles. The molecule has 2 unspecified atom stereocenters. The van der Waals surface area contributed by atoms with Crippen LogP contribution in [0, 0.1) is 5.92 Å². The van der Waals surface area contributed by atoms with Crippen molar-refractivity contribution in [1.29, 1.82) is 0 Å². The minimum absolute atomic E-state index is 0.0717. The fourth-order valence-electron chi connectivity index (χ4n) is 3.26. The van der Waals surface area contributed by atoms with E-state index in [0.29, 0.717) is 0 Å². The van der Waals surface area contributed by atoms with Crippen LogP contribution in [-0.2, 0) is 17.6 Å². The fraction of sp³-hybridized carbons (Fsp3) is 0.733. The third-order valence-electron chi connectivity index (χ3n) is 4.41. The summed E-state index contributed by atoms with van der Waals surface area (Å²) in [5, 5.41) is 3.82. The molecular formula is C15H23N3OS. The molecule has 0 radical (unpaired) electrons. The van der Waals surface area contributed by atoms with Crippen molar-refractivity contribution < 1.29 is 4.79 Å². The highest BCUT2D eigenvalue weighted by molar-refractivity contribution is 7.15. The van der Waals surface area contributed by atoms with Crippen molar-refractivity contribution in [3.63, 3.8) is 0 Å². The standard InChI is InChI=1S/C15H23N3OS/c16-11-6-4-5-10(9-11)14(19)18-15-17-12-7-2-1-3-8-13(12)20-15/h10-11H,1-9,16H2,(H,17,18,19). The lowest BCUT2D eigenvalue weighted by molar-refractivity contribution is -0.120. The summed E-state index contributed by atoms with van der Waals surface area (Å²) in [7, 11) is 0. The average molecular weight is 293 g/mol. The molecule has 0 aromatic carbocycles. The number of amides is 1. The van der Waals surface area contributed by atoms with E-state index in [1.54, 1.807) is 11.3 Å². The fourth-order valence-corrected chi connectivity index (χ4v) is 4.31. The number of aryl methyl sites for hydroxylation is 2. The molecule has 3 N–H and O–H groups in total. The van der Waals surface area contributed by atoms with Gasteiger partial charge >= 0.3 is 0 Å². The molecule has 20 heavy (non-hydrogen) atoms. The molecule has 2 aliphatic carbocycles. The van der Waals surface area contributed by atoms with Gasteiger partial charge in [-0.15, -0.1) is 11.3 Å². The number of nitrogens with two attached hydrogens (primary N) is 1. The minimum atomic E-state index is 0.0717. The Hall–Kier alpha value is -0.940. The van der Waals surface area contributed by atoms with Crippen molar-refractivity contribution in [2.24, 2.45) is 11.7 Å². The van der Waals surface area contributed by atoms with Gasteiger partial charge in [0.05, 0.1) is 5.69 Å². The average Bonchev–Trinajstić information content (AvgIpc) is 2.68. The summed E-state index contributed by atoms with van der Waals surface area (Å²) < 4.78 is 0. The molecule has 2 aliphatic rings. The van der Waals surface area contributed by atoms with E-state index in [0.717, 1.165) is 43.7 Å². The lowest BCUT2D eigenvalue weighted by Gasteiger charge is -2.25. The maximum absolute atomic E-state index is 12.3. The number of hydrogen-bond acceptors (Lipinski definition) is 4. The van der Waals surface area contributed by atoms with Crippen LogP contribution in [0.2, 0.25) is 0 Å². The van der Waals surface area contributed by atoms with Crippen molar-refractivity contribution in [2.45, 2.75) is 63.8 Å². The number of anilines is 1. The minimum Gasteiger partial charge on any atom is -0.328 e. The Labute approximate surface area is 124 Å². The Bertz CT molecular complexity index is 462. The van der Waals surface area contributed by atoms with Crippen LogP contribution in [0.25, 0.3) is 0 Å². The van der Waals surface area contributed by atoms with Gasteiger partial charge in [0.15, 0.2) is 5.13 Å². The molecule has 1 saturated carbocycles. The molecule has 0 bridgehead atoms. The highest BCUT2D eigenvalue weighted by atomic mass is 32.1. The van der Waals surface area contributed by atoms with E-state index >= 15 is 0 Å². The number of thiazole rings is 1. The number of rotatable bonds is 2. The highest BCUT2D eigenvalue weighted by Gasteiger charge is 2.26. The molecule has 1 amide bonds. The predicted octanol–water partition coefficient (Wildman–Crippen LogP) is 2.87.